The molecule has 0 aliphatic carbocycles. The quantitative estimate of drug-likeness (QED) is 0.360. The summed E-state index contributed by atoms with van der Waals surface area (Å²) >= 11 is 13.1. The van der Waals surface area contributed by atoms with Crippen molar-refractivity contribution in [3.8, 4) is 5.75 Å². The zero-order valence-corrected chi connectivity index (χ0v) is 20.9. The molecule has 0 radical (unpaired) electrons. The van der Waals surface area contributed by atoms with Gasteiger partial charge in [0.15, 0.2) is 0 Å². The molecule has 31 heavy (non-hydrogen) atoms. The molecular formula is C22H19Br2ClN2O4. The van der Waals surface area contributed by atoms with Gasteiger partial charge < -0.3 is 4.74 Å². The van der Waals surface area contributed by atoms with Gasteiger partial charge in [-0.1, -0.05) is 31.5 Å². The van der Waals surface area contributed by atoms with Crippen LogP contribution >= 0.6 is 43.5 Å². The number of hydrogen-bond acceptors (Lipinski definition) is 4. The number of rotatable bonds is 5. The standard InChI is InChI=1S/C22H19Br2ClN2O4/c1-11(2)10-31-19-15(23)8-13(9-16(19)24)7-14-20(28)26-22(30)27(21(14)29)18-6-4-5-17(25)12(18)3/h4-9,11H,10H2,1-3H3,(H,26,28,30)/b14-7+. The highest BCUT2D eigenvalue weighted by molar-refractivity contribution is 9.11. The third kappa shape index (κ3) is 5.02. The molecule has 1 N–H and O–H groups in total. The SMILES string of the molecule is Cc1c(Cl)cccc1N1C(=O)NC(=O)/C(=C\c2cc(Br)c(OCC(C)C)c(Br)c2)C1=O. The van der Waals surface area contributed by atoms with Crippen molar-refractivity contribution < 1.29 is 19.1 Å². The van der Waals surface area contributed by atoms with E-state index in [0.717, 1.165) is 4.90 Å². The first-order chi connectivity index (χ1) is 14.6. The Kier molecular flexibility index (Phi) is 7.24. The average Bonchev–Trinajstić information content (AvgIpc) is 2.67. The van der Waals surface area contributed by atoms with Crippen LogP contribution in [0.4, 0.5) is 10.5 Å². The molecule has 1 fully saturated rings. The average molecular weight is 571 g/mol. The van der Waals surface area contributed by atoms with Crippen LogP contribution in [0.15, 0.2) is 44.9 Å². The summed E-state index contributed by atoms with van der Waals surface area (Å²) in [5, 5.41) is 2.62. The Morgan fingerprint density at radius 2 is 1.81 bits per heavy atom. The van der Waals surface area contributed by atoms with Gasteiger partial charge >= 0.3 is 6.03 Å². The van der Waals surface area contributed by atoms with Crippen molar-refractivity contribution in [1.29, 1.82) is 0 Å². The highest BCUT2D eigenvalue weighted by Gasteiger charge is 2.37. The number of ether oxygens (including phenoxy) is 1. The Bertz CT molecular complexity index is 1090. The molecule has 0 atom stereocenters. The molecule has 4 amide bonds. The van der Waals surface area contributed by atoms with E-state index in [4.69, 9.17) is 16.3 Å². The fraction of sp³-hybridized carbons (Fsp3) is 0.227. The fourth-order valence-electron chi connectivity index (χ4n) is 2.93. The number of nitrogens with zero attached hydrogens (tertiary/aromatic N) is 1. The predicted molar refractivity (Wildman–Crippen MR) is 127 cm³/mol. The third-order valence-electron chi connectivity index (χ3n) is 4.47. The number of carbonyl (C=O) groups excluding carboxylic acids is 3. The molecule has 0 bridgehead atoms. The van der Waals surface area contributed by atoms with Gasteiger partial charge in [-0.25, -0.2) is 9.69 Å². The Labute approximate surface area is 201 Å². The second-order valence-corrected chi connectivity index (χ2v) is 9.48. The topological polar surface area (TPSA) is 75.7 Å². The summed E-state index contributed by atoms with van der Waals surface area (Å²) < 4.78 is 7.13. The number of urea groups is 1. The lowest BCUT2D eigenvalue weighted by atomic mass is 10.1. The van der Waals surface area contributed by atoms with Crippen molar-refractivity contribution in [3.63, 3.8) is 0 Å². The molecule has 1 aliphatic heterocycles. The summed E-state index contributed by atoms with van der Waals surface area (Å²) in [5.41, 5.74) is 1.27. The van der Waals surface area contributed by atoms with E-state index in [9.17, 15) is 14.4 Å². The van der Waals surface area contributed by atoms with Crippen LogP contribution in [0.5, 0.6) is 5.75 Å². The van der Waals surface area contributed by atoms with Crippen LogP contribution in [0.25, 0.3) is 6.08 Å². The maximum absolute atomic E-state index is 13.1. The van der Waals surface area contributed by atoms with Gasteiger partial charge in [0.25, 0.3) is 11.8 Å². The van der Waals surface area contributed by atoms with Gasteiger partial charge in [0.2, 0.25) is 0 Å². The molecule has 0 aromatic heterocycles. The van der Waals surface area contributed by atoms with Crippen molar-refractivity contribution in [2.24, 2.45) is 5.92 Å². The highest BCUT2D eigenvalue weighted by Crippen LogP contribution is 2.36. The number of imide groups is 2. The Hall–Kier alpha value is -2.16. The van der Waals surface area contributed by atoms with E-state index in [-0.39, 0.29) is 5.57 Å². The number of carbonyl (C=O) groups is 3. The Morgan fingerprint density at radius 1 is 1.16 bits per heavy atom. The highest BCUT2D eigenvalue weighted by atomic mass is 79.9. The van der Waals surface area contributed by atoms with Gasteiger partial charge in [-0.2, -0.15) is 0 Å². The lowest BCUT2D eigenvalue weighted by molar-refractivity contribution is -0.122. The fourth-order valence-corrected chi connectivity index (χ4v) is 4.55. The molecule has 0 unspecified atom stereocenters. The molecule has 2 aromatic rings. The van der Waals surface area contributed by atoms with Crippen LogP contribution in [0.2, 0.25) is 5.02 Å². The smallest absolute Gasteiger partial charge is 0.335 e. The van der Waals surface area contributed by atoms with Crippen LogP contribution in [-0.2, 0) is 9.59 Å². The molecule has 9 heteroatoms. The predicted octanol–water partition coefficient (Wildman–Crippen LogP) is 5.87. The van der Waals surface area contributed by atoms with Crippen molar-refractivity contribution >= 4 is 73.1 Å². The first-order valence-corrected chi connectivity index (χ1v) is 11.3. The van der Waals surface area contributed by atoms with E-state index < -0.39 is 17.8 Å². The zero-order chi connectivity index (χ0) is 22.9. The molecule has 0 saturated carbocycles. The summed E-state index contributed by atoms with van der Waals surface area (Å²) in [4.78, 5) is 38.9. The minimum Gasteiger partial charge on any atom is -0.491 e. The first kappa shape index (κ1) is 23.5. The summed E-state index contributed by atoms with van der Waals surface area (Å²) in [6, 6.07) is 7.54. The largest absolute Gasteiger partial charge is 0.491 e. The zero-order valence-electron chi connectivity index (χ0n) is 17.0. The van der Waals surface area contributed by atoms with Gasteiger partial charge in [0, 0.05) is 5.02 Å². The van der Waals surface area contributed by atoms with Crippen LogP contribution in [0, 0.1) is 12.8 Å². The van der Waals surface area contributed by atoms with Crippen LogP contribution < -0.4 is 15.0 Å². The summed E-state index contributed by atoms with van der Waals surface area (Å²) in [5.74, 6) is -0.519. The minimum atomic E-state index is -0.822. The van der Waals surface area contributed by atoms with Crippen LogP contribution in [-0.4, -0.2) is 24.5 Å². The van der Waals surface area contributed by atoms with Gasteiger partial charge in [0.1, 0.15) is 11.3 Å². The van der Waals surface area contributed by atoms with E-state index in [1.807, 2.05) is 13.8 Å². The number of halogens is 3. The lowest BCUT2D eigenvalue weighted by Gasteiger charge is -2.27. The molecule has 2 aromatic carbocycles. The molecule has 1 aliphatic rings. The maximum Gasteiger partial charge on any atom is 0.335 e. The number of benzene rings is 2. The molecule has 6 nitrogen and oxygen atoms in total. The number of amides is 4. The first-order valence-electron chi connectivity index (χ1n) is 9.38. The van der Waals surface area contributed by atoms with E-state index in [1.54, 1.807) is 37.3 Å². The Morgan fingerprint density at radius 3 is 2.42 bits per heavy atom. The normalized spacial score (nSPS) is 15.6. The van der Waals surface area contributed by atoms with Crippen LogP contribution in [0.3, 0.4) is 0 Å². The number of anilines is 1. The van der Waals surface area contributed by atoms with E-state index >= 15 is 0 Å². The van der Waals surface area contributed by atoms with Gasteiger partial charge in [-0.15, -0.1) is 0 Å². The number of nitrogens with one attached hydrogen (secondary N) is 1. The Balaban J connectivity index is 1.99. The van der Waals surface area contributed by atoms with Gasteiger partial charge in [-0.05, 0) is 86.2 Å². The second kappa shape index (κ2) is 9.54. The summed E-state index contributed by atoms with van der Waals surface area (Å²) in [6.07, 6.45) is 1.43. The van der Waals surface area contributed by atoms with Crippen molar-refractivity contribution in [1.82, 2.24) is 5.32 Å². The molecule has 162 valence electrons. The van der Waals surface area contributed by atoms with Crippen molar-refractivity contribution in [2.45, 2.75) is 20.8 Å². The van der Waals surface area contributed by atoms with Crippen molar-refractivity contribution in [3.05, 3.63) is 61.0 Å². The minimum absolute atomic E-state index is 0.173. The van der Waals surface area contributed by atoms with Crippen LogP contribution in [0.1, 0.15) is 25.0 Å². The second-order valence-electron chi connectivity index (χ2n) is 7.36. The molecular weight excluding hydrogens is 552 g/mol. The van der Waals surface area contributed by atoms with E-state index in [2.05, 4.69) is 37.2 Å². The molecule has 1 heterocycles. The lowest BCUT2D eigenvalue weighted by Crippen LogP contribution is -2.54. The monoisotopic (exact) mass is 568 g/mol. The molecule has 0 spiro atoms. The summed E-state index contributed by atoms with van der Waals surface area (Å²) in [6.45, 7) is 6.32. The van der Waals surface area contributed by atoms with Crippen molar-refractivity contribution in [2.75, 3.05) is 11.5 Å². The van der Waals surface area contributed by atoms with Gasteiger partial charge in [-0.3, -0.25) is 14.9 Å². The van der Waals surface area contributed by atoms with E-state index in [0.29, 0.717) is 49.1 Å². The summed E-state index contributed by atoms with van der Waals surface area (Å²) in [7, 11) is 0. The molecule has 1 saturated heterocycles. The maximum atomic E-state index is 13.1. The van der Waals surface area contributed by atoms with Gasteiger partial charge in [0.05, 0.1) is 21.2 Å². The molecule has 3 rings (SSSR count). The third-order valence-corrected chi connectivity index (χ3v) is 6.06. The number of hydrogen-bond donors (Lipinski definition) is 1. The number of barbiturate groups is 1. The van der Waals surface area contributed by atoms with E-state index in [1.165, 1.54) is 6.08 Å².